The van der Waals surface area contributed by atoms with Gasteiger partial charge in [0.2, 0.25) is 5.91 Å². The summed E-state index contributed by atoms with van der Waals surface area (Å²) in [5.74, 6) is 0.751. The number of furan rings is 1. The molecule has 1 N–H and O–H groups in total. The van der Waals surface area contributed by atoms with E-state index in [-0.39, 0.29) is 18.2 Å². The van der Waals surface area contributed by atoms with E-state index in [9.17, 15) is 9.59 Å². The van der Waals surface area contributed by atoms with Gasteiger partial charge >= 0.3 is 0 Å². The summed E-state index contributed by atoms with van der Waals surface area (Å²) in [7, 11) is 0. The van der Waals surface area contributed by atoms with Crippen molar-refractivity contribution in [3.8, 4) is 0 Å². The van der Waals surface area contributed by atoms with Crippen LogP contribution in [0.1, 0.15) is 34.4 Å². The van der Waals surface area contributed by atoms with Crippen molar-refractivity contribution in [1.29, 1.82) is 0 Å². The van der Waals surface area contributed by atoms with Gasteiger partial charge < -0.3 is 9.73 Å². The van der Waals surface area contributed by atoms with Crippen molar-refractivity contribution >= 4 is 23.6 Å². The van der Waals surface area contributed by atoms with Crippen LogP contribution in [0.25, 0.3) is 6.08 Å². The standard InChI is InChI=1S/C19H18N4O3/c1-13-4-3-5-15(10-13)6-9-19(25)21-18-11-20-23(22-18)12-16-7-8-17(26-16)14(2)24/h3-11H,12H2,1-2H3,(H,21,22,25)/b9-6+. The minimum atomic E-state index is -0.296. The van der Waals surface area contributed by atoms with Crippen LogP contribution in [-0.2, 0) is 11.3 Å². The fourth-order valence-corrected chi connectivity index (χ4v) is 2.34. The van der Waals surface area contributed by atoms with Crippen LogP contribution in [0, 0.1) is 6.92 Å². The van der Waals surface area contributed by atoms with E-state index in [2.05, 4.69) is 15.5 Å². The van der Waals surface area contributed by atoms with Gasteiger partial charge in [-0.25, -0.2) is 0 Å². The van der Waals surface area contributed by atoms with Crippen LogP contribution in [0.15, 0.2) is 53.1 Å². The molecule has 0 spiro atoms. The zero-order valence-corrected chi connectivity index (χ0v) is 14.5. The van der Waals surface area contributed by atoms with E-state index in [1.165, 1.54) is 24.0 Å². The van der Waals surface area contributed by atoms with Gasteiger partial charge in [0.15, 0.2) is 17.4 Å². The molecule has 3 rings (SSSR count). The van der Waals surface area contributed by atoms with Crippen molar-refractivity contribution in [2.75, 3.05) is 5.32 Å². The van der Waals surface area contributed by atoms with Crippen molar-refractivity contribution in [2.45, 2.75) is 20.4 Å². The van der Waals surface area contributed by atoms with Crippen molar-refractivity contribution in [3.05, 3.63) is 71.3 Å². The Morgan fingerprint density at radius 3 is 2.85 bits per heavy atom. The van der Waals surface area contributed by atoms with Gasteiger partial charge in [-0.3, -0.25) is 9.59 Å². The van der Waals surface area contributed by atoms with Gasteiger partial charge in [0.1, 0.15) is 12.3 Å². The number of nitrogens with zero attached hydrogens (tertiary/aromatic N) is 3. The van der Waals surface area contributed by atoms with Gasteiger partial charge in [-0.2, -0.15) is 9.90 Å². The van der Waals surface area contributed by atoms with E-state index in [4.69, 9.17) is 4.42 Å². The van der Waals surface area contributed by atoms with Crippen molar-refractivity contribution in [2.24, 2.45) is 0 Å². The number of aryl methyl sites for hydroxylation is 1. The lowest BCUT2D eigenvalue weighted by Crippen LogP contribution is -2.09. The summed E-state index contributed by atoms with van der Waals surface area (Å²) in [6.45, 7) is 3.70. The number of carbonyl (C=O) groups is 2. The quantitative estimate of drug-likeness (QED) is 0.545. The molecule has 26 heavy (non-hydrogen) atoms. The maximum absolute atomic E-state index is 12.0. The van der Waals surface area contributed by atoms with Gasteiger partial charge in [-0.15, -0.1) is 5.10 Å². The molecule has 1 aromatic carbocycles. The third-order valence-corrected chi connectivity index (χ3v) is 3.56. The highest BCUT2D eigenvalue weighted by Gasteiger charge is 2.09. The second-order valence-electron chi connectivity index (χ2n) is 5.82. The average Bonchev–Trinajstić information content (AvgIpc) is 3.23. The van der Waals surface area contributed by atoms with Crippen LogP contribution in [0.2, 0.25) is 0 Å². The van der Waals surface area contributed by atoms with Gasteiger partial charge in [-0.05, 0) is 30.7 Å². The van der Waals surface area contributed by atoms with Crippen molar-refractivity contribution in [1.82, 2.24) is 15.0 Å². The van der Waals surface area contributed by atoms with Crippen LogP contribution in [0.4, 0.5) is 5.82 Å². The van der Waals surface area contributed by atoms with Crippen molar-refractivity contribution < 1.29 is 14.0 Å². The number of aromatic nitrogens is 3. The predicted molar refractivity (Wildman–Crippen MR) is 96.7 cm³/mol. The highest BCUT2D eigenvalue weighted by atomic mass is 16.3. The SMILES string of the molecule is CC(=O)c1ccc(Cn2ncc(NC(=O)/C=C/c3cccc(C)c3)n2)o1. The summed E-state index contributed by atoms with van der Waals surface area (Å²) in [6, 6.07) is 11.1. The van der Waals surface area contributed by atoms with E-state index >= 15 is 0 Å². The third-order valence-electron chi connectivity index (χ3n) is 3.56. The maximum atomic E-state index is 12.0. The Labute approximate surface area is 150 Å². The number of carbonyl (C=O) groups excluding carboxylic acids is 2. The van der Waals surface area contributed by atoms with Gasteiger partial charge in [-0.1, -0.05) is 29.8 Å². The molecule has 0 atom stereocenters. The van der Waals surface area contributed by atoms with E-state index in [0.717, 1.165) is 11.1 Å². The maximum Gasteiger partial charge on any atom is 0.249 e. The van der Waals surface area contributed by atoms with E-state index in [0.29, 0.717) is 17.3 Å². The number of ketones is 1. The van der Waals surface area contributed by atoms with Crippen molar-refractivity contribution in [3.63, 3.8) is 0 Å². The number of benzene rings is 1. The minimum Gasteiger partial charge on any atom is -0.456 e. The molecule has 7 nitrogen and oxygen atoms in total. The second-order valence-corrected chi connectivity index (χ2v) is 5.82. The fraction of sp³-hybridized carbons (Fsp3) is 0.158. The molecule has 0 bridgehead atoms. The molecular weight excluding hydrogens is 332 g/mol. The molecule has 0 saturated carbocycles. The molecule has 0 unspecified atom stereocenters. The smallest absolute Gasteiger partial charge is 0.249 e. The molecule has 1 amide bonds. The number of hydrogen-bond acceptors (Lipinski definition) is 5. The number of rotatable bonds is 6. The Morgan fingerprint density at radius 2 is 2.12 bits per heavy atom. The molecule has 0 aliphatic carbocycles. The Hall–Kier alpha value is -3.48. The minimum absolute atomic E-state index is 0.141. The van der Waals surface area contributed by atoms with E-state index in [1.807, 2.05) is 31.2 Å². The van der Waals surface area contributed by atoms with Crippen LogP contribution >= 0.6 is 0 Å². The molecule has 3 aromatic rings. The lowest BCUT2D eigenvalue weighted by atomic mass is 10.1. The largest absolute Gasteiger partial charge is 0.456 e. The first kappa shape index (κ1) is 17.3. The summed E-state index contributed by atoms with van der Waals surface area (Å²) in [6.07, 6.45) is 4.63. The molecule has 7 heteroatoms. The molecule has 0 aliphatic heterocycles. The fourth-order valence-electron chi connectivity index (χ4n) is 2.34. The topological polar surface area (TPSA) is 90.0 Å². The summed E-state index contributed by atoms with van der Waals surface area (Å²) >= 11 is 0. The molecule has 0 radical (unpaired) electrons. The van der Waals surface area contributed by atoms with Crippen LogP contribution in [-0.4, -0.2) is 26.7 Å². The average molecular weight is 350 g/mol. The Balaban J connectivity index is 1.59. The first-order valence-electron chi connectivity index (χ1n) is 8.05. The third kappa shape index (κ3) is 4.54. The second kappa shape index (κ2) is 7.60. The first-order chi connectivity index (χ1) is 12.5. The first-order valence-corrected chi connectivity index (χ1v) is 8.05. The van der Waals surface area contributed by atoms with E-state index < -0.39 is 0 Å². The lowest BCUT2D eigenvalue weighted by Gasteiger charge is -1.98. The summed E-state index contributed by atoms with van der Waals surface area (Å²) in [4.78, 5) is 24.6. The lowest BCUT2D eigenvalue weighted by molar-refractivity contribution is -0.111. The number of amides is 1. The van der Waals surface area contributed by atoms with Gasteiger partial charge in [0, 0.05) is 13.0 Å². The van der Waals surface area contributed by atoms with Gasteiger partial charge in [0.05, 0.1) is 6.20 Å². The van der Waals surface area contributed by atoms with Crippen LogP contribution in [0.3, 0.4) is 0 Å². The highest BCUT2D eigenvalue weighted by Crippen LogP contribution is 2.10. The van der Waals surface area contributed by atoms with Gasteiger partial charge in [0.25, 0.3) is 0 Å². The van der Waals surface area contributed by atoms with Crippen LogP contribution < -0.4 is 5.32 Å². The van der Waals surface area contributed by atoms with E-state index in [1.54, 1.807) is 18.2 Å². The molecule has 0 saturated heterocycles. The number of anilines is 1. The summed E-state index contributed by atoms with van der Waals surface area (Å²) in [5, 5.41) is 10.9. The zero-order chi connectivity index (χ0) is 18.5. The molecule has 0 aliphatic rings. The number of hydrogen-bond donors (Lipinski definition) is 1. The zero-order valence-electron chi connectivity index (χ0n) is 14.5. The normalized spacial score (nSPS) is 11.0. The monoisotopic (exact) mass is 350 g/mol. The Kier molecular flexibility index (Phi) is 5.07. The van der Waals surface area contributed by atoms with Crippen LogP contribution in [0.5, 0.6) is 0 Å². The summed E-state index contributed by atoms with van der Waals surface area (Å²) < 4.78 is 5.39. The Morgan fingerprint density at radius 1 is 1.27 bits per heavy atom. The number of nitrogens with one attached hydrogen (secondary N) is 1. The molecule has 2 heterocycles. The molecule has 0 fully saturated rings. The number of Topliss-reactive ketones (excluding diaryl/α,β-unsaturated/α-hetero) is 1. The highest BCUT2D eigenvalue weighted by molar-refractivity contribution is 6.01. The summed E-state index contributed by atoms with van der Waals surface area (Å²) in [5.41, 5.74) is 2.07. The molecule has 132 valence electrons. The molecule has 2 aromatic heterocycles. The predicted octanol–water partition coefficient (Wildman–Crippen LogP) is 3.08. The Bertz CT molecular complexity index is 969. The molecular formula is C19H18N4O3.